The molecule has 1 aromatic heterocycles. The lowest BCUT2D eigenvalue weighted by Crippen LogP contribution is -2.07. The van der Waals surface area contributed by atoms with Crippen LogP contribution in [0.5, 0.6) is 0 Å². The topological polar surface area (TPSA) is 61.2 Å². The number of esters is 1. The molecule has 5 nitrogen and oxygen atoms in total. The number of aromatic nitrogens is 2. The quantitative estimate of drug-likeness (QED) is 0.408. The number of methoxy groups -OCH3 is 1. The summed E-state index contributed by atoms with van der Waals surface area (Å²) in [5.41, 5.74) is 1.29. The number of hydrogen-bond acceptors (Lipinski definition) is 4. The summed E-state index contributed by atoms with van der Waals surface area (Å²) in [6, 6.07) is 0. The van der Waals surface area contributed by atoms with Crippen LogP contribution in [-0.2, 0) is 23.0 Å². The summed E-state index contributed by atoms with van der Waals surface area (Å²) in [4.78, 5) is 21.5. The highest BCUT2D eigenvalue weighted by Crippen LogP contribution is 2.11. The zero-order valence-electron chi connectivity index (χ0n) is 8.90. The van der Waals surface area contributed by atoms with Crippen molar-refractivity contribution in [2.45, 2.75) is 19.3 Å². The van der Waals surface area contributed by atoms with Crippen molar-refractivity contribution in [3.05, 3.63) is 17.5 Å². The highest BCUT2D eigenvalue weighted by Gasteiger charge is 2.15. The first-order chi connectivity index (χ1) is 7.20. The zero-order chi connectivity index (χ0) is 11.3. The molecule has 0 aromatic carbocycles. The first-order valence-electron chi connectivity index (χ1n) is 4.73. The van der Waals surface area contributed by atoms with E-state index in [2.05, 4.69) is 9.84 Å². The number of aldehydes is 1. The standard InChI is InChI=1S/C10H14N2O3/c1-12-9(5-3-4-6-13)8(7-11-12)10(14)15-2/h6-7H,3-5H2,1-2H3. The van der Waals surface area contributed by atoms with E-state index in [1.165, 1.54) is 13.3 Å². The Balaban J connectivity index is 2.79. The molecular weight excluding hydrogens is 196 g/mol. The molecule has 0 spiro atoms. The van der Waals surface area contributed by atoms with Gasteiger partial charge in [-0.2, -0.15) is 5.10 Å². The lowest BCUT2D eigenvalue weighted by atomic mass is 10.1. The van der Waals surface area contributed by atoms with Crippen LogP contribution in [0.2, 0.25) is 0 Å². The van der Waals surface area contributed by atoms with E-state index >= 15 is 0 Å². The van der Waals surface area contributed by atoms with Gasteiger partial charge in [-0.3, -0.25) is 4.68 Å². The van der Waals surface area contributed by atoms with Gasteiger partial charge in [0.1, 0.15) is 11.8 Å². The normalized spacial score (nSPS) is 10.0. The molecule has 0 aliphatic carbocycles. The van der Waals surface area contributed by atoms with Crippen LogP contribution in [0.3, 0.4) is 0 Å². The Bertz CT molecular complexity index is 358. The lowest BCUT2D eigenvalue weighted by Gasteiger charge is -2.03. The number of carbonyl (C=O) groups is 2. The van der Waals surface area contributed by atoms with Crippen LogP contribution in [0.15, 0.2) is 6.20 Å². The van der Waals surface area contributed by atoms with Gasteiger partial charge >= 0.3 is 5.97 Å². The number of aryl methyl sites for hydroxylation is 1. The fraction of sp³-hybridized carbons (Fsp3) is 0.500. The van der Waals surface area contributed by atoms with Crippen molar-refractivity contribution in [2.24, 2.45) is 7.05 Å². The van der Waals surface area contributed by atoms with Crippen LogP contribution in [-0.4, -0.2) is 29.1 Å². The van der Waals surface area contributed by atoms with Gasteiger partial charge in [-0.1, -0.05) is 0 Å². The molecule has 0 bridgehead atoms. The Kier molecular flexibility index (Phi) is 4.03. The molecule has 0 N–H and O–H groups in total. The van der Waals surface area contributed by atoms with Crippen LogP contribution < -0.4 is 0 Å². The second-order valence-corrected chi connectivity index (χ2v) is 3.18. The van der Waals surface area contributed by atoms with Crippen LogP contribution in [0, 0.1) is 0 Å². The van der Waals surface area contributed by atoms with E-state index in [-0.39, 0.29) is 5.97 Å². The average Bonchev–Trinajstić information content (AvgIpc) is 2.60. The van der Waals surface area contributed by atoms with Crippen molar-refractivity contribution in [2.75, 3.05) is 7.11 Å². The van der Waals surface area contributed by atoms with E-state index in [0.717, 1.165) is 12.0 Å². The van der Waals surface area contributed by atoms with Gasteiger partial charge in [-0.25, -0.2) is 4.79 Å². The predicted molar refractivity (Wildman–Crippen MR) is 53.5 cm³/mol. The van der Waals surface area contributed by atoms with E-state index in [0.29, 0.717) is 24.8 Å². The molecule has 82 valence electrons. The molecule has 0 saturated heterocycles. The third-order valence-corrected chi connectivity index (χ3v) is 2.20. The van der Waals surface area contributed by atoms with Gasteiger partial charge in [0.15, 0.2) is 0 Å². The van der Waals surface area contributed by atoms with Gasteiger partial charge in [0.2, 0.25) is 0 Å². The van der Waals surface area contributed by atoms with E-state index in [9.17, 15) is 9.59 Å². The summed E-state index contributed by atoms with van der Waals surface area (Å²) in [5.74, 6) is -0.385. The fourth-order valence-electron chi connectivity index (χ4n) is 1.39. The summed E-state index contributed by atoms with van der Waals surface area (Å²) >= 11 is 0. The van der Waals surface area contributed by atoms with E-state index in [1.807, 2.05) is 0 Å². The SMILES string of the molecule is COC(=O)c1cnn(C)c1CCCC=O. The Morgan fingerprint density at radius 3 is 3.00 bits per heavy atom. The minimum Gasteiger partial charge on any atom is -0.465 e. The average molecular weight is 210 g/mol. The maximum Gasteiger partial charge on any atom is 0.341 e. The summed E-state index contributed by atoms with van der Waals surface area (Å²) in [5, 5.41) is 3.99. The number of hydrogen-bond donors (Lipinski definition) is 0. The Labute approximate surface area is 88.0 Å². The van der Waals surface area contributed by atoms with E-state index in [1.54, 1.807) is 11.7 Å². The largest absolute Gasteiger partial charge is 0.465 e. The molecular formula is C10H14N2O3. The molecule has 0 aliphatic heterocycles. The van der Waals surface area contributed by atoms with Gasteiger partial charge in [0.25, 0.3) is 0 Å². The summed E-state index contributed by atoms with van der Waals surface area (Å²) in [6.07, 6.45) is 4.22. The van der Waals surface area contributed by atoms with Crippen LogP contribution in [0.4, 0.5) is 0 Å². The van der Waals surface area contributed by atoms with Crippen LogP contribution in [0.1, 0.15) is 28.9 Å². The Morgan fingerprint density at radius 1 is 1.67 bits per heavy atom. The summed E-state index contributed by atoms with van der Waals surface area (Å²) in [6.45, 7) is 0. The molecule has 0 saturated carbocycles. The predicted octanol–water partition coefficient (Wildman–Crippen LogP) is 0.728. The molecule has 5 heteroatoms. The van der Waals surface area contributed by atoms with Gasteiger partial charge in [-0.05, 0) is 12.8 Å². The van der Waals surface area contributed by atoms with Gasteiger partial charge in [0, 0.05) is 13.5 Å². The van der Waals surface area contributed by atoms with E-state index < -0.39 is 0 Å². The number of carbonyl (C=O) groups excluding carboxylic acids is 2. The smallest absolute Gasteiger partial charge is 0.341 e. The number of nitrogens with zero attached hydrogens (tertiary/aromatic N) is 2. The van der Waals surface area contributed by atoms with Crippen molar-refractivity contribution >= 4 is 12.3 Å². The molecule has 15 heavy (non-hydrogen) atoms. The molecule has 1 heterocycles. The molecule has 1 rings (SSSR count). The Hall–Kier alpha value is -1.65. The second-order valence-electron chi connectivity index (χ2n) is 3.18. The summed E-state index contributed by atoms with van der Waals surface area (Å²) in [7, 11) is 3.10. The van der Waals surface area contributed by atoms with Crippen molar-refractivity contribution in [3.63, 3.8) is 0 Å². The maximum absolute atomic E-state index is 11.3. The fourth-order valence-corrected chi connectivity index (χ4v) is 1.39. The van der Waals surface area contributed by atoms with Crippen molar-refractivity contribution in [3.8, 4) is 0 Å². The minimum atomic E-state index is -0.385. The van der Waals surface area contributed by atoms with Gasteiger partial charge in [-0.15, -0.1) is 0 Å². The monoisotopic (exact) mass is 210 g/mol. The second kappa shape index (κ2) is 5.29. The molecule has 0 atom stereocenters. The number of ether oxygens (including phenoxy) is 1. The zero-order valence-corrected chi connectivity index (χ0v) is 8.90. The molecule has 1 aromatic rings. The first-order valence-corrected chi connectivity index (χ1v) is 4.73. The first kappa shape index (κ1) is 11.4. The number of rotatable bonds is 5. The van der Waals surface area contributed by atoms with Crippen molar-refractivity contribution in [1.29, 1.82) is 0 Å². The molecule has 0 radical (unpaired) electrons. The number of unbranched alkanes of at least 4 members (excludes halogenated alkanes) is 1. The van der Waals surface area contributed by atoms with Crippen molar-refractivity contribution in [1.82, 2.24) is 9.78 Å². The highest BCUT2D eigenvalue weighted by atomic mass is 16.5. The summed E-state index contributed by atoms with van der Waals surface area (Å²) < 4.78 is 6.27. The minimum absolute atomic E-state index is 0.385. The van der Waals surface area contributed by atoms with Crippen LogP contribution in [0.25, 0.3) is 0 Å². The molecule has 0 aliphatic rings. The molecule has 0 unspecified atom stereocenters. The van der Waals surface area contributed by atoms with Gasteiger partial charge in [0.05, 0.1) is 19.0 Å². The maximum atomic E-state index is 11.3. The van der Waals surface area contributed by atoms with E-state index in [4.69, 9.17) is 0 Å². The highest BCUT2D eigenvalue weighted by molar-refractivity contribution is 5.90. The molecule has 0 fully saturated rings. The third-order valence-electron chi connectivity index (χ3n) is 2.20. The van der Waals surface area contributed by atoms with Crippen LogP contribution >= 0.6 is 0 Å². The molecule has 0 amide bonds. The lowest BCUT2D eigenvalue weighted by molar-refractivity contribution is -0.107. The Morgan fingerprint density at radius 2 is 2.40 bits per heavy atom. The van der Waals surface area contributed by atoms with Crippen molar-refractivity contribution < 1.29 is 14.3 Å². The third kappa shape index (κ3) is 2.65. The van der Waals surface area contributed by atoms with Gasteiger partial charge < -0.3 is 9.53 Å².